The van der Waals surface area contributed by atoms with Gasteiger partial charge < -0.3 is 0 Å². The van der Waals surface area contributed by atoms with Gasteiger partial charge in [0.15, 0.2) is 5.13 Å². The van der Waals surface area contributed by atoms with Crippen LogP contribution < -0.4 is 0 Å². The first kappa shape index (κ1) is 15.7. The molecule has 0 saturated heterocycles. The van der Waals surface area contributed by atoms with Crippen molar-refractivity contribution in [3.8, 4) is 5.13 Å². The third-order valence-corrected chi connectivity index (χ3v) is 7.81. The van der Waals surface area contributed by atoms with Crippen LogP contribution in [0.15, 0.2) is 84.9 Å². The minimum atomic E-state index is 1.03. The molecule has 2 nitrogen and oxygen atoms in total. The van der Waals surface area contributed by atoms with Crippen LogP contribution in [-0.2, 0) is 0 Å². The fourth-order valence-electron chi connectivity index (χ4n) is 4.42. The summed E-state index contributed by atoms with van der Waals surface area (Å²) in [5, 5.41) is 6.25. The molecule has 0 unspecified atom stereocenters. The topological polar surface area (TPSA) is 17.8 Å². The predicted octanol–water partition coefficient (Wildman–Crippen LogP) is 7.76. The molecule has 0 spiro atoms. The number of benzene rings is 4. The highest BCUT2D eigenvalue weighted by molar-refractivity contribution is 7.26. The zero-order chi connectivity index (χ0) is 18.9. The SMILES string of the molecule is c1ccc2sc(-n3c4ccccc4c4ccc5sc6ccccc6c5c43)nc2c1. The molecule has 3 aromatic heterocycles. The number of nitrogens with zero attached hydrogens (tertiary/aromatic N) is 2. The van der Waals surface area contributed by atoms with E-state index in [9.17, 15) is 0 Å². The lowest BCUT2D eigenvalue weighted by Gasteiger charge is -2.04. The van der Waals surface area contributed by atoms with Gasteiger partial charge in [-0.05, 0) is 30.3 Å². The number of thiazole rings is 1. The van der Waals surface area contributed by atoms with Crippen LogP contribution in [0.4, 0.5) is 0 Å². The molecule has 0 fully saturated rings. The third kappa shape index (κ3) is 2.07. The summed E-state index contributed by atoms with van der Waals surface area (Å²) < 4.78 is 6.24. The standard InChI is InChI=1S/C25H14N2S2/c1-4-10-19-15(7-1)16-13-14-22-23(17-8-2-5-11-20(17)28-22)24(16)27(19)25-26-18-9-3-6-12-21(18)29-25/h1-14H. The Balaban J connectivity index is 1.76. The van der Waals surface area contributed by atoms with Crippen molar-refractivity contribution in [2.75, 3.05) is 0 Å². The van der Waals surface area contributed by atoms with E-state index in [4.69, 9.17) is 4.98 Å². The summed E-state index contributed by atoms with van der Waals surface area (Å²) >= 11 is 3.62. The number of rotatable bonds is 1. The van der Waals surface area contributed by atoms with Gasteiger partial charge in [-0.2, -0.15) is 0 Å². The average Bonchev–Trinajstić information content (AvgIpc) is 3.44. The van der Waals surface area contributed by atoms with Gasteiger partial charge in [0.25, 0.3) is 0 Å². The number of fused-ring (bicyclic) bond motifs is 8. The van der Waals surface area contributed by atoms with Gasteiger partial charge in [0, 0.05) is 30.9 Å². The van der Waals surface area contributed by atoms with E-state index in [1.165, 1.54) is 46.7 Å². The van der Waals surface area contributed by atoms with E-state index < -0.39 is 0 Å². The number of aromatic nitrogens is 2. The first-order valence-corrected chi connectivity index (χ1v) is 11.2. The van der Waals surface area contributed by atoms with Crippen molar-refractivity contribution in [2.45, 2.75) is 0 Å². The molecule has 29 heavy (non-hydrogen) atoms. The Morgan fingerprint density at radius 2 is 1.34 bits per heavy atom. The molecule has 0 aliphatic heterocycles. The highest BCUT2D eigenvalue weighted by atomic mass is 32.1. The Morgan fingerprint density at radius 3 is 2.24 bits per heavy atom. The lowest BCUT2D eigenvalue weighted by atomic mass is 10.1. The van der Waals surface area contributed by atoms with Crippen LogP contribution in [-0.4, -0.2) is 9.55 Å². The van der Waals surface area contributed by atoms with Crippen molar-refractivity contribution in [1.82, 2.24) is 9.55 Å². The Morgan fingerprint density at radius 1 is 0.586 bits per heavy atom. The first-order chi connectivity index (χ1) is 14.4. The van der Waals surface area contributed by atoms with E-state index in [0.717, 1.165) is 10.6 Å². The second-order valence-corrected chi connectivity index (χ2v) is 9.34. The van der Waals surface area contributed by atoms with E-state index in [-0.39, 0.29) is 0 Å². The molecule has 7 aromatic rings. The van der Waals surface area contributed by atoms with Crippen molar-refractivity contribution in [2.24, 2.45) is 0 Å². The largest absolute Gasteiger partial charge is 0.285 e. The van der Waals surface area contributed by atoms with E-state index in [0.29, 0.717) is 0 Å². The fourth-order valence-corrected chi connectivity index (χ4v) is 6.51. The maximum Gasteiger partial charge on any atom is 0.195 e. The normalized spacial score (nSPS) is 12.1. The minimum Gasteiger partial charge on any atom is -0.285 e. The molecule has 4 aromatic carbocycles. The minimum absolute atomic E-state index is 1.03. The van der Waals surface area contributed by atoms with Gasteiger partial charge in [0.2, 0.25) is 0 Å². The van der Waals surface area contributed by atoms with Crippen molar-refractivity contribution in [1.29, 1.82) is 0 Å². The van der Waals surface area contributed by atoms with Gasteiger partial charge in [-0.3, -0.25) is 4.57 Å². The maximum absolute atomic E-state index is 5.01. The van der Waals surface area contributed by atoms with Gasteiger partial charge in [0.05, 0.1) is 21.3 Å². The zero-order valence-electron chi connectivity index (χ0n) is 15.3. The van der Waals surface area contributed by atoms with Crippen LogP contribution in [0.1, 0.15) is 0 Å². The van der Waals surface area contributed by atoms with Gasteiger partial charge in [0.1, 0.15) is 0 Å². The summed E-state index contributed by atoms with van der Waals surface area (Å²) in [5.41, 5.74) is 3.53. The van der Waals surface area contributed by atoms with Crippen molar-refractivity contribution in [3.05, 3.63) is 84.9 Å². The Labute approximate surface area is 174 Å². The fraction of sp³-hybridized carbons (Fsp3) is 0. The molecule has 136 valence electrons. The molecule has 0 aliphatic rings. The van der Waals surface area contributed by atoms with Crippen LogP contribution in [0, 0.1) is 0 Å². The number of thiophene rings is 1. The predicted molar refractivity (Wildman–Crippen MR) is 127 cm³/mol. The molecule has 0 radical (unpaired) electrons. The van der Waals surface area contributed by atoms with Crippen LogP contribution in [0.2, 0.25) is 0 Å². The summed E-state index contributed by atoms with van der Waals surface area (Å²) in [6, 6.07) is 30.3. The second kappa shape index (κ2) is 5.66. The molecule has 0 atom stereocenters. The van der Waals surface area contributed by atoms with Crippen LogP contribution >= 0.6 is 22.7 Å². The molecule has 7 rings (SSSR count). The summed E-state index contributed by atoms with van der Waals surface area (Å²) in [4.78, 5) is 5.01. The van der Waals surface area contributed by atoms with Crippen molar-refractivity contribution in [3.63, 3.8) is 0 Å². The molecule has 0 amide bonds. The van der Waals surface area contributed by atoms with Gasteiger partial charge >= 0.3 is 0 Å². The summed E-state index contributed by atoms with van der Waals surface area (Å²) in [5.74, 6) is 0. The molecule has 3 heterocycles. The van der Waals surface area contributed by atoms with E-state index >= 15 is 0 Å². The third-order valence-electron chi connectivity index (χ3n) is 5.65. The quantitative estimate of drug-likeness (QED) is 0.272. The van der Waals surface area contributed by atoms with Crippen LogP contribution in [0.25, 0.3) is 57.3 Å². The number of para-hydroxylation sites is 2. The van der Waals surface area contributed by atoms with Gasteiger partial charge in [-0.25, -0.2) is 4.98 Å². The molecular weight excluding hydrogens is 392 g/mol. The second-order valence-electron chi connectivity index (χ2n) is 7.25. The maximum atomic E-state index is 5.01. The first-order valence-electron chi connectivity index (χ1n) is 9.58. The van der Waals surface area contributed by atoms with Gasteiger partial charge in [-0.1, -0.05) is 65.9 Å². The lowest BCUT2D eigenvalue weighted by Crippen LogP contribution is -1.92. The average molecular weight is 407 g/mol. The monoisotopic (exact) mass is 406 g/mol. The molecule has 4 heteroatoms. The highest BCUT2D eigenvalue weighted by Crippen LogP contribution is 2.43. The Kier molecular flexibility index (Phi) is 3.06. The van der Waals surface area contributed by atoms with Gasteiger partial charge in [-0.15, -0.1) is 11.3 Å². The van der Waals surface area contributed by atoms with E-state index in [1.807, 2.05) is 11.3 Å². The molecule has 0 saturated carbocycles. The smallest absolute Gasteiger partial charge is 0.195 e. The summed E-state index contributed by atoms with van der Waals surface area (Å²) in [6.07, 6.45) is 0. The summed E-state index contributed by atoms with van der Waals surface area (Å²) in [6.45, 7) is 0. The number of hydrogen-bond donors (Lipinski definition) is 0. The zero-order valence-corrected chi connectivity index (χ0v) is 16.9. The van der Waals surface area contributed by atoms with E-state index in [1.54, 1.807) is 11.3 Å². The van der Waals surface area contributed by atoms with Crippen molar-refractivity contribution < 1.29 is 0 Å². The highest BCUT2D eigenvalue weighted by Gasteiger charge is 2.19. The van der Waals surface area contributed by atoms with E-state index in [2.05, 4.69) is 89.5 Å². The lowest BCUT2D eigenvalue weighted by molar-refractivity contribution is 1.15. The number of hydrogen-bond acceptors (Lipinski definition) is 3. The summed E-state index contributed by atoms with van der Waals surface area (Å²) in [7, 11) is 0. The van der Waals surface area contributed by atoms with Crippen LogP contribution in [0.5, 0.6) is 0 Å². The Bertz CT molecular complexity index is 1680. The molecule has 0 aliphatic carbocycles. The molecule has 0 N–H and O–H groups in total. The van der Waals surface area contributed by atoms with Crippen LogP contribution in [0.3, 0.4) is 0 Å². The molecule has 0 bridgehead atoms. The van der Waals surface area contributed by atoms with Crippen molar-refractivity contribution >= 4 is 74.9 Å². The molecular formula is C25H14N2S2. The Hall–Kier alpha value is -3.21.